The van der Waals surface area contributed by atoms with E-state index < -0.39 is 0 Å². The zero-order chi connectivity index (χ0) is 21.8. The second-order valence-electron chi connectivity index (χ2n) is 7.62. The molecule has 0 spiro atoms. The van der Waals surface area contributed by atoms with E-state index in [0.29, 0.717) is 18.8 Å². The fourth-order valence-corrected chi connectivity index (χ4v) is 3.74. The lowest BCUT2D eigenvalue weighted by molar-refractivity contribution is 0.0946. The van der Waals surface area contributed by atoms with Gasteiger partial charge in [-0.15, -0.1) is 0 Å². The molecule has 5 heteroatoms. The van der Waals surface area contributed by atoms with Crippen molar-refractivity contribution >= 4 is 16.8 Å². The Morgan fingerprint density at radius 3 is 2.34 bits per heavy atom. The first-order valence-electron chi connectivity index (χ1n) is 10.6. The zero-order valence-electron chi connectivity index (χ0n) is 17.5. The summed E-state index contributed by atoms with van der Waals surface area (Å²) in [6, 6.07) is 31.7. The Morgan fingerprint density at radius 1 is 0.812 bits per heavy atom. The average molecular weight is 419 g/mol. The normalized spacial score (nSPS) is 10.9. The number of carbonyl (C=O) groups excluding carboxylic acids is 1. The first-order chi connectivity index (χ1) is 15.8. The van der Waals surface area contributed by atoms with Gasteiger partial charge in [0.1, 0.15) is 5.69 Å². The third-order valence-electron chi connectivity index (χ3n) is 5.34. The highest BCUT2D eigenvalue weighted by Gasteiger charge is 2.14. The third-order valence-corrected chi connectivity index (χ3v) is 5.34. The van der Waals surface area contributed by atoms with Crippen LogP contribution in [-0.2, 0) is 13.1 Å². The van der Waals surface area contributed by atoms with Crippen LogP contribution < -0.4 is 5.32 Å². The first-order valence-corrected chi connectivity index (χ1v) is 10.6. The van der Waals surface area contributed by atoms with Crippen molar-refractivity contribution in [2.75, 3.05) is 0 Å². The van der Waals surface area contributed by atoms with Gasteiger partial charge in [0.2, 0.25) is 0 Å². The molecule has 5 aromatic rings. The van der Waals surface area contributed by atoms with E-state index in [9.17, 15) is 4.79 Å². The average Bonchev–Trinajstić information content (AvgIpc) is 3.26. The van der Waals surface area contributed by atoms with Gasteiger partial charge < -0.3 is 5.32 Å². The summed E-state index contributed by atoms with van der Waals surface area (Å²) in [5.74, 6) is -0.203. The number of rotatable bonds is 6. The van der Waals surface area contributed by atoms with E-state index in [4.69, 9.17) is 5.10 Å². The second kappa shape index (κ2) is 8.86. The van der Waals surface area contributed by atoms with Gasteiger partial charge in [-0.05, 0) is 17.7 Å². The Hall–Kier alpha value is -4.25. The van der Waals surface area contributed by atoms with Crippen molar-refractivity contribution in [1.82, 2.24) is 20.1 Å². The summed E-state index contributed by atoms with van der Waals surface area (Å²) in [6.45, 7) is 1.03. The Labute approximate surface area is 186 Å². The molecule has 2 heterocycles. The number of hydrogen-bond acceptors (Lipinski definition) is 3. The van der Waals surface area contributed by atoms with Crippen molar-refractivity contribution in [3.05, 3.63) is 120 Å². The standard InChI is InChI=1S/C27H22N4O/c32-27(25-16-15-21-11-7-8-14-24(21)29-25)28-17-23-19-31(18-20-9-3-1-4-10-20)30-26(23)22-12-5-2-6-13-22/h1-16,19H,17-18H2,(H,28,32). The maximum atomic E-state index is 12.8. The lowest BCUT2D eigenvalue weighted by Gasteiger charge is -2.06. The van der Waals surface area contributed by atoms with Gasteiger partial charge in [-0.1, -0.05) is 84.9 Å². The molecule has 156 valence electrons. The van der Waals surface area contributed by atoms with Crippen molar-refractivity contribution in [3.63, 3.8) is 0 Å². The summed E-state index contributed by atoms with van der Waals surface area (Å²) in [7, 11) is 0. The van der Waals surface area contributed by atoms with E-state index in [1.54, 1.807) is 6.07 Å². The Kier molecular flexibility index (Phi) is 5.45. The molecule has 1 amide bonds. The highest BCUT2D eigenvalue weighted by molar-refractivity contribution is 5.94. The van der Waals surface area contributed by atoms with E-state index >= 15 is 0 Å². The molecule has 2 aromatic heterocycles. The lowest BCUT2D eigenvalue weighted by atomic mass is 10.1. The second-order valence-corrected chi connectivity index (χ2v) is 7.62. The molecule has 0 aliphatic rings. The zero-order valence-corrected chi connectivity index (χ0v) is 17.5. The highest BCUT2D eigenvalue weighted by atomic mass is 16.1. The third kappa shape index (κ3) is 4.27. The van der Waals surface area contributed by atoms with E-state index in [1.807, 2.05) is 89.7 Å². The SMILES string of the molecule is O=C(NCc1cn(Cc2ccccc2)nc1-c1ccccc1)c1ccc2ccccc2n1. The van der Waals surface area contributed by atoms with Gasteiger partial charge in [0, 0.05) is 29.3 Å². The molecular formula is C27H22N4O. The number of pyridine rings is 1. The molecule has 0 unspecified atom stereocenters. The molecule has 32 heavy (non-hydrogen) atoms. The molecule has 3 aromatic carbocycles. The first kappa shape index (κ1) is 19.7. The highest BCUT2D eigenvalue weighted by Crippen LogP contribution is 2.22. The Balaban J connectivity index is 1.39. The van der Waals surface area contributed by atoms with Gasteiger partial charge in [0.25, 0.3) is 5.91 Å². The van der Waals surface area contributed by atoms with Crippen molar-refractivity contribution in [2.24, 2.45) is 0 Å². The number of fused-ring (bicyclic) bond motifs is 1. The van der Waals surface area contributed by atoms with Gasteiger partial charge in [-0.25, -0.2) is 4.98 Å². The van der Waals surface area contributed by atoms with Crippen molar-refractivity contribution < 1.29 is 4.79 Å². The number of para-hydroxylation sites is 1. The fourth-order valence-electron chi connectivity index (χ4n) is 3.74. The Morgan fingerprint density at radius 2 is 1.53 bits per heavy atom. The van der Waals surface area contributed by atoms with Crippen LogP contribution in [0.3, 0.4) is 0 Å². The predicted molar refractivity (Wildman–Crippen MR) is 126 cm³/mol. The molecule has 0 aliphatic carbocycles. The molecule has 0 aliphatic heterocycles. The maximum Gasteiger partial charge on any atom is 0.270 e. The summed E-state index contributed by atoms with van der Waals surface area (Å²) < 4.78 is 1.92. The Bertz CT molecular complexity index is 1360. The van der Waals surface area contributed by atoms with E-state index in [1.165, 1.54) is 5.56 Å². The monoisotopic (exact) mass is 418 g/mol. The van der Waals surface area contributed by atoms with Gasteiger partial charge in [-0.3, -0.25) is 9.48 Å². The fraction of sp³-hybridized carbons (Fsp3) is 0.0741. The number of nitrogens with zero attached hydrogens (tertiary/aromatic N) is 3. The molecule has 1 N–H and O–H groups in total. The summed E-state index contributed by atoms with van der Waals surface area (Å²) in [5, 5.41) is 8.84. The number of amides is 1. The molecule has 0 fully saturated rings. The lowest BCUT2D eigenvalue weighted by Crippen LogP contribution is -2.23. The van der Waals surface area contributed by atoms with Crippen LogP contribution in [0.15, 0.2) is 103 Å². The largest absolute Gasteiger partial charge is 0.346 e. The van der Waals surface area contributed by atoms with Crippen molar-refractivity contribution in [1.29, 1.82) is 0 Å². The molecular weight excluding hydrogens is 396 g/mol. The van der Waals surface area contributed by atoms with Crippen LogP contribution in [0, 0.1) is 0 Å². The minimum atomic E-state index is -0.203. The number of carbonyl (C=O) groups is 1. The molecule has 0 saturated carbocycles. The van der Waals surface area contributed by atoms with Crippen LogP contribution in [0.1, 0.15) is 21.6 Å². The van der Waals surface area contributed by atoms with Gasteiger partial charge >= 0.3 is 0 Å². The smallest absolute Gasteiger partial charge is 0.270 e. The molecule has 0 radical (unpaired) electrons. The molecule has 0 bridgehead atoms. The van der Waals surface area contributed by atoms with Gasteiger partial charge in [0.05, 0.1) is 17.8 Å². The number of aromatic nitrogens is 3. The van der Waals surface area contributed by atoms with E-state index in [2.05, 4.69) is 22.4 Å². The quantitative estimate of drug-likeness (QED) is 0.418. The van der Waals surface area contributed by atoms with Gasteiger partial charge in [0.15, 0.2) is 0 Å². The maximum absolute atomic E-state index is 12.8. The van der Waals surface area contributed by atoms with E-state index in [0.717, 1.165) is 27.7 Å². The topological polar surface area (TPSA) is 59.8 Å². The van der Waals surface area contributed by atoms with Crippen LogP contribution in [-0.4, -0.2) is 20.7 Å². The van der Waals surface area contributed by atoms with Crippen LogP contribution in [0.5, 0.6) is 0 Å². The summed E-state index contributed by atoms with van der Waals surface area (Å²) >= 11 is 0. The predicted octanol–water partition coefficient (Wildman–Crippen LogP) is 5.08. The van der Waals surface area contributed by atoms with Crippen LogP contribution >= 0.6 is 0 Å². The summed E-state index contributed by atoms with van der Waals surface area (Å²) in [5.41, 5.74) is 5.23. The van der Waals surface area contributed by atoms with Crippen LogP contribution in [0.2, 0.25) is 0 Å². The molecule has 0 atom stereocenters. The minimum absolute atomic E-state index is 0.203. The number of benzene rings is 3. The summed E-state index contributed by atoms with van der Waals surface area (Å²) in [6.07, 6.45) is 2.00. The molecule has 5 rings (SSSR count). The molecule has 0 saturated heterocycles. The van der Waals surface area contributed by atoms with Crippen LogP contribution in [0.4, 0.5) is 0 Å². The molecule has 5 nitrogen and oxygen atoms in total. The van der Waals surface area contributed by atoms with Crippen molar-refractivity contribution in [3.8, 4) is 11.3 Å². The van der Waals surface area contributed by atoms with Crippen molar-refractivity contribution in [2.45, 2.75) is 13.1 Å². The van der Waals surface area contributed by atoms with E-state index in [-0.39, 0.29) is 5.91 Å². The minimum Gasteiger partial charge on any atom is -0.346 e. The summed E-state index contributed by atoms with van der Waals surface area (Å²) in [4.78, 5) is 17.3. The van der Waals surface area contributed by atoms with Gasteiger partial charge in [-0.2, -0.15) is 5.10 Å². The van der Waals surface area contributed by atoms with Crippen LogP contribution in [0.25, 0.3) is 22.2 Å². The number of hydrogen-bond donors (Lipinski definition) is 1. The number of nitrogens with one attached hydrogen (secondary N) is 1.